The molecule has 4 rings (SSSR count). The van der Waals surface area contributed by atoms with Crippen LogP contribution in [-0.2, 0) is 0 Å². The van der Waals surface area contributed by atoms with Crippen LogP contribution in [0.25, 0.3) is 11.0 Å². The zero-order valence-corrected chi connectivity index (χ0v) is 11.1. The fourth-order valence-corrected chi connectivity index (χ4v) is 3.85. The number of nitrogens with two attached hydrogens (primary N) is 1. The van der Waals surface area contributed by atoms with Crippen molar-refractivity contribution in [2.45, 2.75) is 31.7 Å². The first-order valence-electron chi connectivity index (χ1n) is 7.12. The number of hydrogen-bond acceptors (Lipinski definition) is 4. The van der Waals surface area contributed by atoms with Crippen molar-refractivity contribution in [2.24, 2.45) is 17.6 Å². The van der Waals surface area contributed by atoms with Gasteiger partial charge in [-0.25, -0.2) is 0 Å². The Morgan fingerprint density at radius 2 is 2.25 bits per heavy atom. The molecule has 20 heavy (non-hydrogen) atoms. The molecule has 2 saturated carbocycles. The van der Waals surface area contributed by atoms with Gasteiger partial charge in [-0.1, -0.05) is 6.42 Å². The molecular formula is C14H17N5O. The number of aromatic nitrogens is 3. The molecule has 2 aliphatic carbocycles. The molecule has 2 aliphatic rings. The van der Waals surface area contributed by atoms with Crippen LogP contribution >= 0.6 is 0 Å². The molecule has 0 aromatic carbocycles. The molecule has 2 fully saturated rings. The molecule has 0 aliphatic heterocycles. The highest BCUT2D eigenvalue weighted by Gasteiger charge is 2.40. The predicted octanol–water partition coefficient (Wildman–Crippen LogP) is 1.66. The number of primary amides is 1. The van der Waals surface area contributed by atoms with Gasteiger partial charge in [-0.2, -0.15) is 0 Å². The van der Waals surface area contributed by atoms with Crippen molar-refractivity contribution in [2.75, 3.05) is 5.32 Å². The number of aromatic amines is 1. The van der Waals surface area contributed by atoms with Crippen LogP contribution in [0.1, 0.15) is 36.2 Å². The van der Waals surface area contributed by atoms with E-state index in [-0.39, 0.29) is 5.69 Å². The number of amides is 1. The summed E-state index contributed by atoms with van der Waals surface area (Å²) in [5, 5.41) is 12.4. The summed E-state index contributed by atoms with van der Waals surface area (Å²) >= 11 is 0. The zero-order valence-electron chi connectivity index (χ0n) is 11.1. The fourth-order valence-electron chi connectivity index (χ4n) is 3.85. The molecular weight excluding hydrogens is 254 g/mol. The van der Waals surface area contributed by atoms with Crippen molar-refractivity contribution in [3.05, 3.63) is 18.0 Å². The fraction of sp³-hybridized carbons (Fsp3) is 0.500. The van der Waals surface area contributed by atoms with Crippen molar-refractivity contribution in [3.63, 3.8) is 0 Å². The Morgan fingerprint density at radius 3 is 2.95 bits per heavy atom. The highest BCUT2D eigenvalue weighted by atomic mass is 16.1. The van der Waals surface area contributed by atoms with E-state index in [4.69, 9.17) is 5.73 Å². The number of H-pyrrole nitrogens is 1. The first-order valence-corrected chi connectivity index (χ1v) is 7.12. The maximum atomic E-state index is 11.6. The maximum absolute atomic E-state index is 11.6. The van der Waals surface area contributed by atoms with Crippen LogP contribution < -0.4 is 11.1 Å². The SMILES string of the molecule is NC(=O)c1nnc2[nH]ccc2c1NC1CC2CCC1C2. The van der Waals surface area contributed by atoms with Gasteiger partial charge < -0.3 is 16.0 Å². The van der Waals surface area contributed by atoms with Gasteiger partial charge in [0.2, 0.25) is 0 Å². The Morgan fingerprint density at radius 1 is 1.35 bits per heavy atom. The lowest BCUT2D eigenvalue weighted by Crippen LogP contribution is -2.28. The monoisotopic (exact) mass is 271 g/mol. The summed E-state index contributed by atoms with van der Waals surface area (Å²) in [4.78, 5) is 14.6. The molecule has 3 unspecified atom stereocenters. The van der Waals surface area contributed by atoms with E-state index in [1.165, 1.54) is 25.7 Å². The lowest BCUT2D eigenvalue weighted by Gasteiger charge is -2.24. The number of nitrogens with one attached hydrogen (secondary N) is 2. The lowest BCUT2D eigenvalue weighted by atomic mass is 9.95. The summed E-state index contributed by atoms with van der Waals surface area (Å²) < 4.78 is 0. The number of anilines is 1. The number of carbonyl (C=O) groups is 1. The summed E-state index contributed by atoms with van der Waals surface area (Å²) in [6.07, 6.45) is 6.91. The smallest absolute Gasteiger partial charge is 0.271 e. The second kappa shape index (κ2) is 4.19. The first kappa shape index (κ1) is 11.7. The van der Waals surface area contributed by atoms with Gasteiger partial charge in [0, 0.05) is 17.6 Å². The van der Waals surface area contributed by atoms with E-state index in [0.29, 0.717) is 17.6 Å². The molecule has 0 saturated heterocycles. The van der Waals surface area contributed by atoms with Crippen LogP contribution in [0.3, 0.4) is 0 Å². The van der Waals surface area contributed by atoms with Gasteiger partial charge >= 0.3 is 0 Å². The van der Waals surface area contributed by atoms with Gasteiger partial charge in [0.05, 0.1) is 5.69 Å². The van der Waals surface area contributed by atoms with Gasteiger partial charge in [-0.05, 0) is 37.2 Å². The molecule has 6 heteroatoms. The third-order valence-corrected chi connectivity index (χ3v) is 4.78. The third kappa shape index (κ3) is 1.67. The molecule has 2 aromatic heterocycles. The molecule has 104 valence electrons. The van der Waals surface area contributed by atoms with Crippen LogP contribution in [-0.4, -0.2) is 27.1 Å². The topological polar surface area (TPSA) is 96.7 Å². The minimum atomic E-state index is -0.536. The van der Waals surface area contributed by atoms with Crippen LogP contribution in [0.15, 0.2) is 12.3 Å². The van der Waals surface area contributed by atoms with Crippen molar-refractivity contribution >= 4 is 22.6 Å². The summed E-state index contributed by atoms with van der Waals surface area (Å²) in [7, 11) is 0. The lowest BCUT2D eigenvalue weighted by molar-refractivity contribution is 0.0995. The van der Waals surface area contributed by atoms with Crippen molar-refractivity contribution in [1.82, 2.24) is 15.2 Å². The van der Waals surface area contributed by atoms with E-state index in [9.17, 15) is 4.79 Å². The largest absolute Gasteiger partial charge is 0.379 e. The number of carbonyl (C=O) groups excluding carboxylic acids is 1. The predicted molar refractivity (Wildman–Crippen MR) is 75.3 cm³/mol. The first-order chi connectivity index (χ1) is 9.72. The molecule has 6 nitrogen and oxygen atoms in total. The maximum Gasteiger partial charge on any atom is 0.271 e. The highest BCUT2D eigenvalue weighted by molar-refractivity contribution is 6.04. The van der Waals surface area contributed by atoms with E-state index in [0.717, 1.165) is 17.0 Å². The molecule has 2 heterocycles. The number of rotatable bonds is 3. The van der Waals surface area contributed by atoms with Crippen molar-refractivity contribution < 1.29 is 4.79 Å². The van der Waals surface area contributed by atoms with Crippen LogP contribution in [0.2, 0.25) is 0 Å². The average molecular weight is 271 g/mol. The molecule has 2 bridgehead atoms. The summed E-state index contributed by atoms with van der Waals surface area (Å²) in [6.45, 7) is 0. The normalized spacial score (nSPS) is 28.1. The number of nitrogens with zero attached hydrogens (tertiary/aromatic N) is 2. The Kier molecular flexibility index (Phi) is 2.45. The van der Waals surface area contributed by atoms with Gasteiger partial charge in [-0.15, -0.1) is 10.2 Å². The van der Waals surface area contributed by atoms with Gasteiger partial charge in [0.25, 0.3) is 5.91 Å². The average Bonchev–Trinajstić information content (AvgIpc) is 3.14. The number of hydrogen-bond donors (Lipinski definition) is 3. The second-order valence-corrected chi connectivity index (χ2v) is 5.95. The Hall–Kier alpha value is -2.11. The van der Waals surface area contributed by atoms with Crippen LogP contribution in [0.5, 0.6) is 0 Å². The standard InChI is InChI=1S/C14H17N5O/c15-13(20)12-11(9-3-4-16-14(9)19-18-12)17-10-6-7-1-2-8(10)5-7/h3-4,7-8,10H,1-2,5-6H2,(H2,15,20)(H2,16,17,19). The molecule has 1 amide bonds. The molecule has 2 aromatic rings. The Bertz CT molecular complexity index is 679. The van der Waals surface area contributed by atoms with E-state index >= 15 is 0 Å². The van der Waals surface area contributed by atoms with Crippen LogP contribution in [0, 0.1) is 11.8 Å². The summed E-state index contributed by atoms with van der Waals surface area (Å²) in [5.74, 6) is 1.01. The zero-order chi connectivity index (χ0) is 13.7. The summed E-state index contributed by atoms with van der Waals surface area (Å²) in [6, 6.07) is 2.33. The second-order valence-electron chi connectivity index (χ2n) is 5.95. The van der Waals surface area contributed by atoms with Crippen LogP contribution in [0.4, 0.5) is 5.69 Å². The van der Waals surface area contributed by atoms with E-state index in [1.54, 1.807) is 6.20 Å². The van der Waals surface area contributed by atoms with Gasteiger partial charge in [0.15, 0.2) is 11.3 Å². The Balaban J connectivity index is 1.75. The summed E-state index contributed by atoms with van der Waals surface area (Å²) in [5.41, 5.74) is 7.09. The van der Waals surface area contributed by atoms with E-state index in [1.807, 2.05) is 6.07 Å². The van der Waals surface area contributed by atoms with Crippen molar-refractivity contribution in [3.8, 4) is 0 Å². The molecule has 3 atom stereocenters. The van der Waals surface area contributed by atoms with Gasteiger partial charge in [-0.3, -0.25) is 4.79 Å². The van der Waals surface area contributed by atoms with E-state index < -0.39 is 5.91 Å². The highest BCUT2D eigenvalue weighted by Crippen LogP contribution is 2.46. The van der Waals surface area contributed by atoms with Gasteiger partial charge in [0.1, 0.15) is 0 Å². The van der Waals surface area contributed by atoms with E-state index in [2.05, 4.69) is 20.5 Å². The third-order valence-electron chi connectivity index (χ3n) is 4.78. The molecule has 4 N–H and O–H groups in total. The minimum absolute atomic E-state index is 0.236. The minimum Gasteiger partial charge on any atom is -0.379 e. The van der Waals surface area contributed by atoms with Crippen molar-refractivity contribution in [1.29, 1.82) is 0 Å². The molecule has 0 radical (unpaired) electrons. The Labute approximate surface area is 116 Å². The molecule has 0 spiro atoms. The number of fused-ring (bicyclic) bond motifs is 3. The quantitative estimate of drug-likeness (QED) is 0.790.